The van der Waals surface area contributed by atoms with Gasteiger partial charge in [0.25, 0.3) is 0 Å². The molecule has 0 aromatic heterocycles. The first-order chi connectivity index (χ1) is 11.0. The summed E-state index contributed by atoms with van der Waals surface area (Å²) in [5, 5.41) is 2.38. The zero-order valence-electron chi connectivity index (χ0n) is 13.2. The number of amides is 1. The molecular formula is C16H23N3O3S. The molecule has 1 heterocycles. The van der Waals surface area contributed by atoms with Gasteiger partial charge in [0, 0.05) is 32.7 Å². The Morgan fingerprint density at radius 1 is 1.22 bits per heavy atom. The lowest BCUT2D eigenvalue weighted by molar-refractivity contribution is -0.124. The second-order valence-corrected chi connectivity index (χ2v) is 8.36. The van der Waals surface area contributed by atoms with Gasteiger partial charge in [-0.05, 0) is 18.4 Å². The van der Waals surface area contributed by atoms with Crippen LogP contribution in [-0.4, -0.2) is 50.7 Å². The van der Waals surface area contributed by atoms with E-state index in [1.807, 2.05) is 30.3 Å². The topological polar surface area (TPSA) is 78.5 Å². The molecule has 3 rings (SSSR count). The van der Waals surface area contributed by atoms with E-state index in [0.29, 0.717) is 13.1 Å². The third kappa shape index (κ3) is 3.91. The van der Waals surface area contributed by atoms with E-state index in [-0.39, 0.29) is 23.1 Å². The fourth-order valence-corrected chi connectivity index (χ4v) is 4.72. The van der Waals surface area contributed by atoms with Crippen LogP contribution in [0.2, 0.25) is 0 Å². The highest BCUT2D eigenvalue weighted by Gasteiger charge is 2.43. The minimum atomic E-state index is -3.30. The van der Waals surface area contributed by atoms with Crippen LogP contribution < -0.4 is 10.0 Å². The van der Waals surface area contributed by atoms with Crippen molar-refractivity contribution in [2.45, 2.75) is 30.7 Å². The number of rotatable bonds is 6. The molecule has 1 saturated heterocycles. The van der Waals surface area contributed by atoms with Gasteiger partial charge in [-0.1, -0.05) is 30.3 Å². The number of carbonyl (C=O) groups excluding carboxylic acids is 1. The molecule has 1 amide bonds. The Balaban J connectivity index is 1.70. The Kier molecular flexibility index (Phi) is 4.70. The van der Waals surface area contributed by atoms with Crippen molar-refractivity contribution in [2.75, 3.05) is 20.1 Å². The summed E-state index contributed by atoms with van der Waals surface area (Å²) in [6.45, 7) is 1.83. The standard InChI is InChI=1S/C16H23N3O3S/c1-17-16(20)14-10-19(9-12-5-3-2-4-6-12)11-15(14)18-23(21,22)13-7-8-13/h2-6,13-15,18H,7-11H2,1H3,(H,17,20)/t14-,15-/m0/s1. The Labute approximate surface area is 137 Å². The molecule has 1 aromatic rings. The van der Waals surface area contributed by atoms with E-state index >= 15 is 0 Å². The van der Waals surface area contributed by atoms with Crippen LogP contribution in [0, 0.1) is 5.92 Å². The van der Waals surface area contributed by atoms with Crippen LogP contribution in [0.4, 0.5) is 0 Å². The van der Waals surface area contributed by atoms with Crippen LogP contribution >= 0.6 is 0 Å². The Bertz CT molecular complexity index is 658. The van der Waals surface area contributed by atoms with Crippen LogP contribution in [0.15, 0.2) is 30.3 Å². The number of hydrogen-bond donors (Lipinski definition) is 2. The minimum Gasteiger partial charge on any atom is -0.359 e. The molecule has 2 N–H and O–H groups in total. The van der Waals surface area contributed by atoms with Gasteiger partial charge in [-0.15, -0.1) is 0 Å². The fourth-order valence-electron chi connectivity index (χ4n) is 3.11. The Hall–Kier alpha value is -1.44. The van der Waals surface area contributed by atoms with E-state index in [9.17, 15) is 13.2 Å². The summed E-state index contributed by atoms with van der Waals surface area (Å²) in [6, 6.07) is 9.65. The summed E-state index contributed by atoms with van der Waals surface area (Å²) in [4.78, 5) is 14.3. The lowest BCUT2D eigenvalue weighted by Crippen LogP contribution is -2.46. The normalized spacial score (nSPS) is 25.4. The SMILES string of the molecule is CNC(=O)[C@H]1CN(Cc2ccccc2)C[C@@H]1NS(=O)(=O)C1CC1. The molecule has 1 aromatic carbocycles. The van der Waals surface area contributed by atoms with Crippen molar-refractivity contribution < 1.29 is 13.2 Å². The zero-order valence-corrected chi connectivity index (χ0v) is 14.1. The van der Waals surface area contributed by atoms with Crippen molar-refractivity contribution >= 4 is 15.9 Å². The number of carbonyl (C=O) groups is 1. The quantitative estimate of drug-likeness (QED) is 0.783. The molecule has 0 radical (unpaired) electrons. The van der Waals surface area contributed by atoms with E-state index in [1.54, 1.807) is 7.05 Å². The van der Waals surface area contributed by atoms with Crippen molar-refractivity contribution in [1.82, 2.24) is 14.9 Å². The highest BCUT2D eigenvalue weighted by atomic mass is 32.2. The molecule has 7 heteroatoms. The predicted molar refractivity (Wildman–Crippen MR) is 88.1 cm³/mol. The number of sulfonamides is 1. The van der Waals surface area contributed by atoms with Gasteiger partial charge in [0.2, 0.25) is 15.9 Å². The van der Waals surface area contributed by atoms with Crippen molar-refractivity contribution in [3.63, 3.8) is 0 Å². The molecule has 1 aliphatic heterocycles. The first-order valence-electron chi connectivity index (χ1n) is 7.98. The fraction of sp³-hybridized carbons (Fsp3) is 0.562. The number of hydrogen-bond acceptors (Lipinski definition) is 4. The molecule has 0 unspecified atom stereocenters. The summed E-state index contributed by atoms with van der Waals surface area (Å²) in [5.41, 5.74) is 1.16. The van der Waals surface area contributed by atoms with Crippen LogP contribution in [-0.2, 0) is 21.4 Å². The van der Waals surface area contributed by atoms with Gasteiger partial charge < -0.3 is 5.32 Å². The van der Waals surface area contributed by atoms with E-state index in [1.165, 1.54) is 0 Å². The number of benzene rings is 1. The lowest BCUT2D eigenvalue weighted by Gasteiger charge is -2.18. The molecule has 0 spiro atoms. The number of nitrogens with one attached hydrogen (secondary N) is 2. The molecule has 1 saturated carbocycles. The number of likely N-dealkylation sites (tertiary alicyclic amines) is 1. The predicted octanol–water partition coefficient (Wildman–Crippen LogP) is 0.315. The van der Waals surface area contributed by atoms with Gasteiger partial charge in [0.05, 0.1) is 11.2 Å². The minimum absolute atomic E-state index is 0.107. The lowest BCUT2D eigenvalue weighted by atomic mass is 10.0. The van der Waals surface area contributed by atoms with Crippen molar-refractivity contribution in [3.05, 3.63) is 35.9 Å². The summed E-state index contributed by atoms with van der Waals surface area (Å²) in [7, 11) is -1.71. The van der Waals surface area contributed by atoms with Crippen LogP contribution in [0.3, 0.4) is 0 Å². The molecule has 2 atom stereocenters. The maximum Gasteiger partial charge on any atom is 0.225 e. The van der Waals surface area contributed by atoms with Crippen molar-refractivity contribution in [2.24, 2.45) is 5.92 Å². The molecule has 1 aliphatic carbocycles. The second-order valence-electron chi connectivity index (χ2n) is 6.37. The van der Waals surface area contributed by atoms with Gasteiger partial charge in [0.1, 0.15) is 0 Å². The van der Waals surface area contributed by atoms with Crippen LogP contribution in [0.25, 0.3) is 0 Å². The highest BCUT2D eigenvalue weighted by molar-refractivity contribution is 7.90. The van der Waals surface area contributed by atoms with E-state index in [2.05, 4.69) is 14.9 Å². The maximum atomic E-state index is 12.2. The monoisotopic (exact) mass is 337 g/mol. The molecule has 23 heavy (non-hydrogen) atoms. The van der Waals surface area contributed by atoms with Crippen molar-refractivity contribution in [1.29, 1.82) is 0 Å². The van der Waals surface area contributed by atoms with E-state index < -0.39 is 10.0 Å². The van der Waals surface area contributed by atoms with Gasteiger partial charge in [-0.25, -0.2) is 13.1 Å². The Morgan fingerprint density at radius 2 is 1.91 bits per heavy atom. The van der Waals surface area contributed by atoms with Gasteiger partial charge in [0.15, 0.2) is 0 Å². The summed E-state index contributed by atoms with van der Waals surface area (Å²) >= 11 is 0. The summed E-state index contributed by atoms with van der Waals surface area (Å²) in [5.74, 6) is -0.457. The molecule has 126 valence electrons. The molecule has 2 aliphatic rings. The highest BCUT2D eigenvalue weighted by Crippen LogP contribution is 2.29. The Morgan fingerprint density at radius 3 is 2.52 bits per heavy atom. The van der Waals surface area contributed by atoms with Crippen molar-refractivity contribution in [3.8, 4) is 0 Å². The van der Waals surface area contributed by atoms with E-state index in [0.717, 1.165) is 24.9 Å². The number of nitrogens with zero attached hydrogens (tertiary/aromatic N) is 1. The first kappa shape index (κ1) is 16.4. The smallest absolute Gasteiger partial charge is 0.225 e. The summed E-state index contributed by atoms with van der Waals surface area (Å²) in [6.07, 6.45) is 1.45. The average Bonchev–Trinajstić information content (AvgIpc) is 3.32. The summed E-state index contributed by atoms with van der Waals surface area (Å²) < 4.78 is 27.2. The van der Waals surface area contributed by atoms with Crippen LogP contribution in [0.5, 0.6) is 0 Å². The van der Waals surface area contributed by atoms with Crippen LogP contribution in [0.1, 0.15) is 18.4 Å². The molecule has 0 bridgehead atoms. The second kappa shape index (κ2) is 6.59. The molecule has 6 nitrogen and oxygen atoms in total. The zero-order chi connectivity index (χ0) is 16.4. The maximum absolute atomic E-state index is 12.2. The third-order valence-electron chi connectivity index (χ3n) is 4.51. The van der Waals surface area contributed by atoms with E-state index in [4.69, 9.17) is 0 Å². The van der Waals surface area contributed by atoms with Gasteiger partial charge in [-0.3, -0.25) is 9.69 Å². The molecular weight excluding hydrogens is 314 g/mol. The van der Waals surface area contributed by atoms with Gasteiger partial charge in [-0.2, -0.15) is 0 Å². The third-order valence-corrected chi connectivity index (χ3v) is 6.49. The first-order valence-corrected chi connectivity index (χ1v) is 9.53. The van der Waals surface area contributed by atoms with Gasteiger partial charge >= 0.3 is 0 Å². The largest absolute Gasteiger partial charge is 0.359 e. The average molecular weight is 337 g/mol. The molecule has 2 fully saturated rings.